The van der Waals surface area contributed by atoms with E-state index in [0.717, 1.165) is 6.92 Å². The maximum Gasteiger partial charge on any atom is 0.360 e. The molecule has 2 N–H and O–H groups in total. The van der Waals surface area contributed by atoms with E-state index in [1.807, 2.05) is 0 Å². The molecule has 0 aliphatic carbocycles. The number of hydrogen-bond acceptors (Lipinski definition) is 3. The molecule has 1 aliphatic rings. The molecule has 0 aromatic heterocycles. The van der Waals surface area contributed by atoms with Crippen molar-refractivity contribution >= 4 is 5.91 Å². The molecule has 0 spiro atoms. The SMILES string of the molecule is C=C(/C=C1\COC(C)(F)O1)C(CCF)C(N)=O. The highest BCUT2D eigenvalue weighted by Crippen LogP contribution is 2.28. The molecule has 17 heavy (non-hydrogen) atoms. The van der Waals surface area contributed by atoms with Gasteiger partial charge in [0.15, 0.2) is 0 Å². The van der Waals surface area contributed by atoms with Crippen LogP contribution in [-0.2, 0) is 14.3 Å². The molecule has 0 bridgehead atoms. The Hall–Kier alpha value is -1.43. The summed E-state index contributed by atoms with van der Waals surface area (Å²) in [5.74, 6) is -1.29. The molecular formula is C11H15F2NO3. The quantitative estimate of drug-likeness (QED) is 0.802. The average Bonchev–Trinajstić information content (AvgIpc) is 2.53. The van der Waals surface area contributed by atoms with E-state index in [9.17, 15) is 13.6 Å². The van der Waals surface area contributed by atoms with Crippen LogP contribution in [0.3, 0.4) is 0 Å². The number of primary amides is 1. The fraction of sp³-hybridized carbons (Fsp3) is 0.545. The van der Waals surface area contributed by atoms with Crippen LogP contribution in [0.15, 0.2) is 24.0 Å². The molecule has 2 unspecified atom stereocenters. The topological polar surface area (TPSA) is 61.6 Å². The number of halogens is 2. The predicted molar refractivity (Wildman–Crippen MR) is 57.0 cm³/mol. The summed E-state index contributed by atoms with van der Waals surface area (Å²) in [5, 5.41) is 0. The van der Waals surface area contributed by atoms with Gasteiger partial charge in [0, 0.05) is 6.92 Å². The Morgan fingerprint density at radius 1 is 1.76 bits per heavy atom. The van der Waals surface area contributed by atoms with Crippen LogP contribution in [0.25, 0.3) is 0 Å². The summed E-state index contributed by atoms with van der Waals surface area (Å²) < 4.78 is 34.8. The van der Waals surface area contributed by atoms with Gasteiger partial charge in [0.05, 0.1) is 12.6 Å². The van der Waals surface area contributed by atoms with Crippen LogP contribution in [-0.4, -0.2) is 25.2 Å². The Labute approximate surface area is 98.1 Å². The van der Waals surface area contributed by atoms with Gasteiger partial charge in [0.1, 0.15) is 12.4 Å². The van der Waals surface area contributed by atoms with Crippen molar-refractivity contribution in [2.45, 2.75) is 19.4 Å². The van der Waals surface area contributed by atoms with Crippen molar-refractivity contribution in [3.63, 3.8) is 0 Å². The minimum Gasteiger partial charge on any atom is -0.438 e. The maximum absolute atomic E-state index is 13.2. The van der Waals surface area contributed by atoms with E-state index in [0.29, 0.717) is 0 Å². The van der Waals surface area contributed by atoms with Crippen molar-refractivity contribution in [3.05, 3.63) is 24.0 Å². The highest BCUT2D eigenvalue weighted by atomic mass is 19.2. The van der Waals surface area contributed by atoms with E-state index in [1.165, 1.54) is 6.08 Å². The second-order valence-electron chi connectivity index (χ2n) is 3.84. The standard InChI is InChI=1S/C11H15F2NO3/c1-7(9(3-4-12)10(14)15)5-8-6-16-11(2,13)17-8/h5,9H,1,3-4,6H2,2H3,(H2,14,15)/b8-5+. The van der Waals surface area contributed by atoms with E-state index in [-0.39, 0.29) is 24.4 Å². The summed E-state index contributed by atoms with van der Waals surface area (Å²) >= 11 is 0. The number of allylic oxidation sites excluding steroid dienone is 1. The largest absolute Gasteiger partial charge is 0.438 e. The van der Waals surface area contributed by atoms with Crippen molar-refractivity contribution in [3.8, 4) is 0 Å². The lowest BCUT2D eigenvalue weighted by Crippen LogP contribution is -2.24. The van der Waals surface area contributed by atoms with Crippen LogP contribution >= 0.6 is 0 Å². The van der Waals surface area contributed by atoms with E-state index in [4.69, 9.17) is 10.5 Å². The summed E-state index contributed by atoms with van der Waals surface area (Å²) in [4.78, 5) is 11.1. The Balaban J connectivity index is 2.70. The third-order valence-corrected chi connectivity index (χ3v) is 2.32. The summed E-state index contributed by atoms with van der Waals surface area (Å²) in [5.41, 5.74) is 5.39. The molecule has 1 saturated heterocycles. The van der Waals surface area contributed by atoms with E-state index in [2.05, 4.69) is 11.3 Å². The third kappa shape index (κ3) is 3.81. The zero-order chi connectivity index (χ0) is 13.1. The van der Waals surface area contributed by atoms with Crippen LogP contribution in [0.1, 0.15) is 13.3 Å². The van der Waals surface area contributed by atoms with Crippen LogP contribution in [0.5, 0.6) is 0 Å². The van der Waals surface area contributed by atoms with Crippen molar-refractivity contribution in [2.75, 3.05) is 13.3 Å². The number of nitrogens with two attached hydrogens (primary N) is 1. The molecule has 6 heteroatoms. The summed E-state index contributed by atoms with van der Waals surface area (Å²) in [6.07, 6.45) is 1.31. The Morgan fingerprint density at radius 2 is 2.41 bits per heavy atom. The molecule has 0 radical (unpaired) electrons. The second kappa shape index (κ2) is 5.27. The van der Waals surface area contributed by atoms with Gasteiger partial charge in [-0.3, -0.25) is 9.18 Å². The number of carbonyl (C=O) groups is 1. The van der Waals surface area contributed by atoms with Gasteiger partial charge in [-0.15, -0.1) is 0 Å². The van der Waals surface area contributed by atoms with Gasteiger partial charge < -0.3 is 15.2 Å². The second-order valence-corrected chi connectivity index (χ2v) is 3.84. The monoisotopic (exact) mass is 247 g/mol. The van der Waals surface area contributed by atoms with Crippen LogP contribution in [0.4, 0.5) is 8.78 Å². The highest BCUT2D eigenvalue weighted by molar-refractivity contribution is 5.80. The molecular weight excluding hydrogens is 232 g/mol. The zero-order valence-corrected chi connectivity index (χ0v) is 9.54. The van der Waals surface area contributed by atoms with Crippen molar-refractivity contribution in [1.82, 2.24) is 0 Å². The van der Waals surface area contributed by atoms with Gasteiger partial charge in [-0.25, -0.2) is 0 Å². The summed E-state index contributed by atoms with van der Waals surface area (Å²) in [7, 11) is 0. The number of carbonyl (C=O) groups excluding carboxylic acids is 1. The van der Waals surface area contributed by atoms with Gasteiger partial charge in [-0.2, -0.15) is 4.39 Å². The van der Waals surface area contributed by atoms with Crippen LogP contribution in [0, 0.1) is 5.92 Å². The summed E-state index contributed by atoms with van der Waals surface area (Å²) in [6, 6.07) is -2.17. The lowest BCUT2D eigenvalue weighted by atomic mass is 9.96. The van der Waals surface area contributed by atoms with Gasteiger partial charge >= 0.3 is 6.04 Å². The third-order valence-electron chi connectivity index (χ3n) is 2.32. The molecule has 1 rings (SSSR count). The maximum atomic E-state index is 13.2. The number of alkyl halides is 2. The Bertz CT molecular complexity index is 353. The first kappa shape index (κ1) is 13.6. The molecule has 0 saturated carbocycles. The first-order chi connectivity index (χ1) is 7.85. The van der Waals surface area contributed by atoms with E-state index < -0.39 is 24.5 Å². The fourth-order valence-electron chi connectivity index (χ4n) is 1.49. The van der Waals surface area contributed by atoms with Gasteiger partial charge in [-0.1, -0.05) is 6.58 Å². The Morgan fingerprint density at radius 3 is 2.82 bits per heavy atom. The van der Waals surface area contributed by atoms with Crippen LogP contribution < -0.4 is 5.73 Å². The normalized spacial score (nSPS) is 27.8. The molecule has 4 nitrogen and oxygen atoms in total. The van der Waals surface area contributed by atoms with Crippen molar-refractivity contribution in [2.24, 2.45) is 11.7 Å². The molecule has 1 fully saturated rings. The molecule has 1 aliphatic heterocycles. The highest BCUT2D eigenvalue weighted by Gasteiger charge is 2.34. The fourth-order valence-corrected chi connectivity index (χ4v) is 1.49. The first-order valence-corrected chi connectivity index (χ1v) is 5.12. The minimum absolute atomic E-state index is 0.0499. The predicted octanol–water partition coefficient (Wildman–Crippen LogP) is 1.58. The molecule has 2 atom stereocenters. The minimum atomic E-state index is -2.17. The molecule has 1 amide bonds. The summed E-state index contributed by atoms with van der Waals surface area (Å²) in [6.45, 7) is 3.97. The number of rotatable bonds is 5. The van der Waals surface area contributed by atoms with Crippen molar-refractivity contribution in [1.29, 1.82) is 0 Å². The number of hydrogen-bond donors (Lipinski definition) is 1. The lowest BCUT2D eigenvalue weighted by molar-refractivity contribution is -0.230. The van der Waals surface area contributed by atoms with Gasteiger partial charge in [-0.05, 0) is 18.1 Å². The van der Waals surface area contributed by atoms with Crippen molar-refractivity contribution < 1.29 is 23.0 Å². The Kier molecular flexibility index (Phi) is 4.22. The average molecular weight is 247 g/mol. The zero-order valence-electron chi connectivity index (χ0n) is 9.54. The first-order valence-electron chi connectivity index (χ1n) is 5.12. The van der Waals surface area contributed by atoms with Gasteiger partial charge in [0.2, 0.25) is 5.91 Å². The van der Waals surface area contributed by atoms with E-state index >= 15 is 0 Å². The number of ether oxygens (including phenoxy) is 2. The van der Waals surface area contributed by atoms with E-state index in [1.54, 1.807) is 0 Å². The molecule has 0 aromatic rings. The lowest BCUT2D eigenvalue weighted by Gasteiger charge is -2.13. The van der Waals surface area contributed by atoms with Crippen LogP contribution in [0.2, 0.25) is 0 Å². The molecule has 0 aromatic carbocycles. The molecule has 96 valence electrons. The molecule has 1 heterocycles. The number of amides is 1. The van der Waals surface area contributed by atoms with Gasteiger partial charge in [0.25, 0.3) is 0 Å². The smallest absolute Gasteiger partial charge is 0.360 e.